The molecule has 0 aromatic heterocycles. The highest BCUT2D eigenvalue weighted by molar-refractivity contribution is 5.98. The van der Waals surface area contributed by atoms with Gasteiger partial charge in [0, 0.05) is 47.5 Å². The van der Waals surface area contributed by atoms with Gasteiger partial charge in [0.25, 0.3) is 11.8 Å². The normalized spacial score (nSPS) is 20.8. The summed E-state index contributed by atoms with van der Waals surface area (Å²) in [5, 5.41) is 5.81. The molecule has 0 spiro atoms. The fourth-order valence-electron chi connectivity index (χ4n) is 8.52. The van der Waals surface area contributed by atoms with Crippen LogP contribution < -0.4 is 29.6 Å². The van der Waals surface area contributed by atoms with E-state index in [1.807, 2.05) is 70.5 Å². The van der Waals surface area contributed by atoms with E-state index in [9.17, 15) is 19.2 Å². The number of hydrogen-bond donors (Lipinski definition) is 2. The topological polar surface area (TPSA) is 136 Å². The second-order valence-corrected chi connectivity index (χ2v) is 14.3. The Hall–Kier alpha value is -6.04. The zero-order valence-electron chi connectivity index (χ0n) is 32.2. The Labute approximate surface area is 327 Å². The van der Waals surface area contributed by atoms with E-state index >= 15 is 0 Å². The Balaban J connectivity index is 0.000000172. The summed E-state index contributed by atoms with van der Waals surface area (Å²) < 4.78 is 22.0. The molecule has 0 radical (unpaired) electrons. The summed E-state index contributed by atoms with van der Waals surface area (Å²) >= 11 is 0. The van der Waals surface area contributed by atoms with Crippen LogP contribution >= 0.6 is 0 Å². The van der Waals surface area contributed by atoms with Crippen molar-refractivity contribution >= 4 is 23.6 Å². The second-order valence-electron chi connectivity index (χ2n) is 14.3. The Morgan fingerprint density at radius 3 is 1.30 bits per heavy atom. The number of carbonyl (C=O) groups is 4. The van der Waals surface area contributed by atoms with Crippen molar-refractivity contribution in [3.8, 4) is 23.0 Å². The minimum absolute atomic E-state index is 0.0240. The number of rotatable bonds is 8. The number of piperidine rings is 2. The van der Waals surface area contributed by atoms with Crippen LogP contribution in [0.25, 0.3) is 0 Å². The number of nitrogens with zero attached hydrogens (tertiary/aromatic N) is 2. The number of ether oxygens (including phenoxy) is 4. The summed E-state index contributed by atoms with van der Waals surface area (Å²) in [5.41, 5.74) is 5.59. The lowest BCUT2D eigenvalue weighted by atomic mass is 9.84. The fourth-order valence-corrected chi connectivity index (χ4v) is 8.52. The average Bonchev–Trinajstić information content (AvgIpc) is 3.25. The van der Waals surface area contributed by atoms with Gasteiger partial charge < -0.3 is 39.4 Å². The van der Waals surface area contributed by atoms with Gasteiger partial charge in [-0.2, -0.15) is 0 Å². The van der Waals surface area contributed by atoms with Crippen molar-refractivity contribution in [1.82, 2.24) is 20.4 Å². The third-order valence-electron chi connectivity index (χ3n) is 11.3. The van der Waals surface area contributed by atoms with Gasteiger partial charge in [0.1, 0.15) is 35.1 Å². The molecule has 0 saturated carbocycles. The van der Waals surface area contributed by atoms with E-state index < -0.39 is 12.1 Å². The van der Waals surface area contributed by atoms with Gasteiger partial charge in [-0.1, -0.05) is 36.4 Å². The number of nitrogens with one attached hydrogen (secondary N) is 2. The first-order valence-electron chi connectivity index (χ1n) is 19.1. The molecule has 12 nitrogen and oxygen atoms in total. The SMILES string of the molecule is COc1cc2c(c(OC)c1)[C@@H]1CC[C@H](NC(=O)c3ccccc3)C(=O)N1CC2.COc1cc2c(c(OC)c1)[C@@H]1CC[C@H](NC(=O)c3ccccc3)C(=O)N1CC2. The first-order valence-corrected chi connectivity index (χ1v) is 19.1. The Kier molecular flexibility index (Phi) is 11.4. The number of amides is 4. The van der Waals surface area contributed by atoms with E-state index in [0.29, 0.717) is 37.1 Å². The van der Waals surface area contributed by atoms with Crippen LogP contribution in [0.3, 0.4) is 0 Å². The maximum Gasteiger partial charge on any atom is 0.251 e. The summed E-state index contributed by atoms with van der Waals surface area (Å²) in [7, 11) is 6.56. The zero-order valence-corrected chi connectivity index (χ0v) is 32.2. The second kappa shape index (κ2) is 16.8. The minimum atomic E-state index is -0.491. The van der Waals surface area contributed by atoms with E-state index in [1.165, 1.54) is 0 Å². The third kappa shape index (κ3) is 7.60. The summed E-state index contributed by atoms with van der Waals surface area (Å²) in [6.45, 7) is 1.26. The van der Waals surface area contributed by atoms with Crippen LogP contribution in [-0.4, -0.2) is 87.0 Å². The Bertz CT molecular complexity index is 1910. The van der Waals surface area contributed by atoms with Gasteiger partial charge in [0.15, 0.2) is 0 Å². The number of fused-ring (bicyclic) bond motifs is 6. The van der Waals surface area contributed by atoms with Crippen LogP contribution in [0.1, 0.15) is 80.7 Å². The van der Waals surface area contributed by atoms with Crippen molar-refractivity contribution < 1.29 is 38.1 Å². The van der Waals surface area contributed by atoms with E-state index in [-0.39, 0.29) is 35.7 Å². The van der Waals surface area contributed by atoms with E-state index in [2.05, 4.69) is 10.6 Å². The van der Waals surface area contributed by atoms with Gasteiger partial charge in [-0.05, 0) is 86.1 Å². The van der Waals surface area contributed by atoms with E-state index in [1.54, 1.807) is 52.7 Å². The van der Waals surface area contributed by atoms with Crippen molar-refractivity contribution in [3.63, 3.8) is 0 Å². The highest BCUT2D eigenvalue weighted by Crippen LogP contribution is 2.45. The molecule has 4 aliphatic heterocycles. The molecule has 292 valence electrons. The molecule has 0 bridgehead atoms. The highest BCUT2D eigenvalue weighted by Gasteiger charge is 2.42. The van der Waals surface area contributed by atoms with Gasteiger partial charge in [0.2, 0.25) is 11.8 Å². The lowest BCUT2D eigenvalue weighted by Crippen LogP contribution is -2.55. The van der Waals surface area contributed by atoms with Crippen LogP contribution in [0, 0.1) is 0 Å². The molecule has 8 rings (SSSR count). The standard InChI is InChI=1S/2C22H24N2O4/c2*1-27-16-12-15-10-11-24-18(20(15)19(13-16)28-2)9-8-17(22(24)26)23-21(25)14-6-4-3-5-7-14/h2*3-7,12-13,17-18H,8-11H2,1-2H3,(H,23,25)/t2*17-,18-/m00/s1. The summed E-state index contributed by atoms with van der Waals surface area (Å²) in [5.74, 6) is 2.56. The smallest absolute Gasteiger partial charge is 0.251 e. The van der Waals surface area contributed by atoms with Crippen molar-refractivity contribution in [2.75, 3.05) is 41.5 Å². The molecule has 4 aliphatic rings. The average molecular weight is 761 g/mol. The van der Waals surface area contributed by atoms with E-state index in [4.69, 9.17) is 18.9 Å². The van der Waals surface area contributed by atoms with Crippen molar-refractivity contribution in [1.29, 1.82) is 0 Å². The van der Waals surface area contributed by atoms with Crippen LogP contribution in [0.5, 0.6) is 23.0 Å². The molecule has 56 heavy (non-hydrogen) atoms. The molecule has 2 N–H and O–H groups in total. The monoisotopic (exact) mass is 760 g/mol. The van der Waals surface area contributed by atoms with Crippen molar-refractivity contribution in [2.24, 2.45) is 0 Å². The largest absolute Gasteiger partial charge is 0.497 e. The third-order valence-corrected chi connectivity index (χ3v) is 11.3. The first-order chi connectivity index (χ1) is 27.2. The van der Waals surface area contributed by atoms with Crippen LogP contribution in [0.15, 0.2) is 84.9 Å². The van der Waals surface area contributed by atoms with Crippen molar-refractivity contribution in [2.45, 2.75) is 62.7 Å². The molecular formula is C44H48N4O8. The molecule has 4 amide bonds. The lowest BCUT2D eigenvalue weighted by molar-refractivity contribution is -0.140. The Morgan fingerprint density at radius 2 is 0.946 bits per heavy atom. The predicted molar refractivity (Wildman–Crippen MR) is 209 cm³/mol. The molecule has 0 aliphatic carbocycles. The molecule has 4 heterocycles. The van der Waals surface area contributed by atoms with Crippen LogP contribution in [0.4, 0.5) is 0 Å². The zero-order chi connectivity index (χ0) is 39.3. The van der Waals surface area contributed by atoms with Crippen LogP contribution in [0.2, 0.25) is 0 Å². The summed E-state index contributed by atoms with van der Waals surface area (Å²) in [6, 6.07) is 24.8. The molecule has 4 aromatic rings. The van der Waals surface area contributed by atoms with Gasteiger partial charge in [-0.25, -0.2) is 0 Å². The number of methoxy groups -OCH3 is 4. The summed E-state index contributed by atoms with van der Waals surface area (Å²) in [6.07, 6.45) is 4.25. The maximum atomic E-state index is 13.1. The minimum Gasteiger partial charge on any atom is -0.497 e. The quantitative estimate of drug-likeness (QED) is 0.243. The number of hydrogen-bond acceptors (Lipinski definition) is 8. The molecule has 2 fully saturated rings. The molecule has 2 saturated heterocycles. The highest BCUT2D eigenvalue weighted by atomic mass is 16.5. The molecular weight excluding hydrogens is 713 g/mol. The van der Waals surface area contributed by atoms with Crippen molar-refractivity contribution in [3.05, 3.63) is 118 Å². The molecule has 12 heteroatoms. The van der Waals surface area contributed by atoms with Gasteiger partial charge in [0.05, 0.1) is 40.5 Å². The lowest BCUT2D eigenvalue weighted by Gasteiger charge is -2.43. The summed E-state index contributed by atoms with van der Waals surface area (Å²) in [4.78, 5) is 54.9. The maximum absolute atomic E-state index is 13.1. The Morgan fingerprint density at radius 1 is 0.554 bits per heavy atom. The van der Waals surface area contributed by atoms with Gasteiger partial charge in [-0.3, -0.25) is 19.2 Å². The van der Waals surface area contributed by atoms with Gasteiger partial charge in [-0.15, -0.1) is 0 Å². The van der Waals surface area contributed by atoms with Crippen LogP contribution in [-0.2, 0) is 22.4 Å². The number of carbonyl (C=O) groups excluding carboxylic acids is 4. The van der Waals surface area contributed by atoms with E-state index in [0.717, 1.165) is 70.9 Å². The molecule has 4 aromatic carbocycles. The molecule has 4 atom stereocenters. The molecule has 0 unspecified atom stereocenters. The fraction of sp³-hybridized carbons (Fsp3) is 0.364. The van der Waals surface area contributed by atoms with Gasteiger partial charge >= 0.3 is 0 Å². The first kappa shape index (κ1) is 38.2. The number of benzene rings is 4. The predicted octanol–water partition coefficient (Wildman–Crippen LogP) is 5.44.